The average molecular weight is 454 g/mol. The van der Waals surface area contributed by atoms with Crippen LogP contribution in [0.5, 0.6) is 0 Å². The SMILES string of the molecule is CNN(CC(=O)N(c1ccccc1)C1CCCCC1)C(=S)C1C2CC3CC(C2)CC1(C)C3. The molecule has 3 unspecified atom stereocenters. The molecule has 4 nitrogen and oxygen atoms in total. The highest BCUT2D eigenvalue weighted by atomic mass is 32.1. The van der Waals surface area contributed by atoms with E-state index in [9.17, 15) is 4.79 Å². The van der Waals surface area contributed by atoms with Gasteiger partial charge >= 0.3 is 0 Å². The van der Waals surface area contributed by atoms with Crippen molar-refractivity contribution in [2.24, 2.45) is 29.1 Å². The van der Waals surface area contributed by atoms with Crippen LogP contribution in [0.15, 0.2) is 30.3 Å². The van der Waals surface area contributed by atoms with Gasteiger partial charge < -0.3 is 4.90 Å². The third-order valence-corrected chi connectivity index (χ3v) is 9.48. The highest BCUT2D eigenvalue weighted by Gasteiger charge is 2.56. The van der Waals surface area contributed by atoms with Crippen LogP contribution in [0, 0.1) is 29.1 Å². The number of anilines is 1. The number of nitrogens with zero attached hydrogens (tertiary/aromatic N) is 2. The van der Waals surface area contributed by atoms with Gasteiger partial charge in [-0.25, -0.2) is 5.43 Å². The molecule has 3 atom stereocenters. The average Bonchev–Trinajstić information content (AvgIpc) is 2.77. The number of carbonyl (C=O) groups is 1. The fourth-order valence-corrected chi connectivity index (χ4v) is 8.71. The first-order valence-corrected chi connectivity index (χ1v) is 13.2. The van der Waals surface area contributed by atoms with Crippen LogP contribution < -0.4 is 10.3 Å². The zero-order valence-electron chi connectivity index (χ0n) is 19.8. The predicted molar refractivity (Wildman–Crippen MR) is 134 cm³/mol. The van der Waals surface area contributed by atoms with E-state index in [1.54, 1.807) is 0 Å². The summed E-state index contributed by atoms with van der Waals surface area (Å²) in [5.74, 6) is 3.09. The summed E-state index contributed by atoms with van der Waals surface area (Å²) in [5, 5.41) is 2.01. The van der Waals surface area contributed by atoms with Crippen molar-refractivity contribution in [2.75, 3.05) is 18.5 Å². The standard InChI is InChI=1S/C27H39N3OS/c1-27-16-19-13-20(17-27)15-21(14-19)25(27)26(32)29(28-2)18-24(31)30(22-9-5-3-6-10-22)23-11-7-4-8-12-23/h3,5-6,9-10,19-21,23,25,28H,4,7-8,11-18H2,1-2H3. The molecule has 5 aliphatic rings. The molecule has 6 rings (SSSR count). The van der Waals surface area contributed by atoms with Crippen molar-refractivity contribution in [3.05, 3.63) is 30.3 Å². The number of nitrogens with one attached hydrogen (secondary N) is 1. The van der Waals surface area contributed by atoms with Crippen molar-refractivity contribution in [1.82, 2.24) is 10.4 Å². The minimum atomic E-state index is 0.161. The molecule has 32 heavy (non-hydrogen) atoms. The molecule has 1 N–H and O–H groups in total. The summed E-state index contributed by atoms with van der Waals surface area (Å²) in [5.41, 5.74) is 4.65. The lowest BCUT2D eigenvalue weighted by atomic mass is 9.45. The second-order valence-electron chi connectivity index (χ2n) is 11.3. The number of hydrogen-bond acceptors (Lipinski definition) is 3. The van der Waals surface area contributed by atoms with Gasteiger partial charge in [0.25, 0.3) is 0 Å². The van der Waals surface area contributed by atoms with Crippen LogP contribution in [0.3, 0.4) is 0 Å². The maximum atomic E-state index is 13.8. The fourth-order valence-electron chi connectivity index (χ4n) is 8.08. The molecule has 4 bridgehead atoms. The van der Waals surface area contributed by atoms with Gasteiger partial charge in [-0.1, -0.05) is 56.6 Å². The molecular weight excluding hydrogens is 414 g/mol. The number of benzene rings is 1. The monoisotopic (exact) mass is 453 g/mol. The molecule has 5 heteroatoms. The van der Waals surface area contributed by atoms with Crippen LogP contribution in [-0.4, -0.2) is 35.5 Å². The quantitative estimate of drug-likeness (QED) is 0.451. The third kappa shape index (κ3) is 4.11. The molecule has 174 valence electrons. The third-order valence-electron chi connectivity index (χ3n) is 9.01. The van der Waals surface area contributed by atoms with Crippen molar-refractivity contribution in [3.63, 3.8) is 0 Å². The van der Waals surface area contributed by atoms with Crippen LogP contribution >= 0.6 is 12.2 Å². The number of hydrogen-bond donors (Lipinski definition) is 1. The normalized spacial score (nSPS) is 33.8. The van der Waals surface area contributed by atoms with Gasteiger partial charge in [-0.3, -0.25) is 9.80 Å². The number of rotatable bonds is 6. The van der Waals surface area contributed by atoms with Crippen LogP contribution in [0.1, 0.15) is 71.1 Å². The molecule has 5 fully saturated rings. The van der Waals surface area contributed by atoms with Crippen molar-refractivity contribution < 1.29 is 4.79 Å². The molecule has 1 aromatic carbocycles. The van der Waals surface area contributed by atoms with Gasteiger partial charge in [0.1, 0.15) is 6.54 Å². The Hall–Kier alpha value is -1.46. The van der Waals surface area contributed by atoms with E-state index in [1.807, 2.05) is 30.3 Å². The van der Waals surface area contributed by atoms with Crippen molar-refractivity contribution in [2.45, 2.75) is 77.2 Å². The minimum absolute atomic E-state index is 0.161. The second-order valence-corrected chi connectivity index (χ2v) is 11.7. The van der Waals surface area contributed by atoms with Crippen LogP contribution in [0.25, 0.3) is 0 Å². The van der Waals surface area contributed by atoms with Crippen LogP contribution in [0.2, 0.25) is 0 Å². The van der Waals surface area contributed by atoms with Gasteiger partial charge in [0.15, 0.2) is 0 Å². The van der Waals surface area contributed by atoms with Gasteiger partial charge in [-0.2, -0.15) is 0 Å². The first kappa shape index (κ1) is 22.3. The molecular formula is C27H39N3OS. The molecule has 1 amide bonds. The molecule has 5 aliphatic carbocycles. The zero-order valence-corrected chi connectivity index (χ0v) is 20.6. The Labute approximate surface area is 199 Å². The summed E-state index contributed by atoms with van der Waals surface area (Å²) < 4.78 is 0. The Morgan fingerprint density at radius 1 is 1.06 bits per heavy atom. The maximum absolute atomic E-state index is 13.8. The summed E-state index contributed by atoms with van der Waals surface area (Å²) in [6.45, 7) is 2.79. The lowest BCUT2D eigenvalue weighted by molar-refractivity contribution is -0.120. The first-order valence-electron chi connectivity index (χ1n) is 12.8. The van der Waals surface area contributed by atoms with E-state index >= 15 is 0 Å². The number of hydrazine groups is 1. The summed E-state index contributed by atoms with van der Waals surface area (Å²) in [6.07, 6.45) is 12.6. The van der Waals surface area contributed by atoms with Crippen molar-refractivity contribution in [3.8, 4) is 0 Å². The zero-order chi connectivity index (χ0) is 22.3. The Balaban J connectivity index is 1.35. The number of carbonyl (C=O) groups excluding carboxylic acids is 1. The fraction of sp³-hybridized carbons (Fsp3) is 0.704. The topological polar surface area (TPSA) is 35.6 Å². The number of para-hydroxylation sites is 1. The lowest BCUT2D eigenvalue weighted by Crippen LogP contribution is -2.59. The highest BCUT2D eigenvalue weighted by molar-refractivity contribution is 7.80. The Morgan fingerprint density at radius 3 is 2.31 bits per heavy atom. The van der Waals surface area contributed by atoms with E-state index in [0.29, 0.717) is 29.8 Å². The first-order chi connectivity index (χ1) is 15.5. The van der Waals surface area contributed by atoms with E-state index in [1.165, 1.54) is 51.4 Å². The Kier molecular flexibility index (Phi) is 6.32. The highest BCUT2D eigenvalue weighted by Crippen LogP contribution is 2.63. The number of amides is 1. The summed E-state index contributed by atoms with van der Waals surface area (Å²) >= 11 is 6.15. The lowest BCUT2D eigenvalue weighted by Gasteiger charge is -2.60. The second kappa shape index (κ2) is 9.06. The molecule has 0 heterocycles. The van der Waals surface area contributed by atoms with Crippen molar-refractivity contribution >= 4 is 28.8 Å². The van der Waals surface area contributed by atoms with Gasteiger partial charge in [0.05, 0.1) is 4.99 Å². The van der Waals surface area contributed by atoms with E-state index in [-0.39, 0.29) is 5.91 Å². The largest absolute Gasteiger partial charge is 0.308 e. The van der Waals surface area contributed by atoms with Gasteiger partial charge in [-0.15, -0.1) is 0 Å². The van der Waals surface area contributed by atoms with Crippen LogP contribution in [0.4, 0.5) is 5.69 Å². The molecule has 5 saturated carbocycles. The van der Waals surface area contributed by atoms with E-state index < -0.39 is 0 Å². The summed E-state index contributed by atoms with van der Waals surface area (Å²) in [7, 11) is 1.92. The van der Waals surface area contributed by atoms with E-state index in [4.69, 9.17) is 12.2 Å². The smallest absolute Gasteiger partial charge is 0.248 e. The summed E-state index contributed by atoms with van der Waals surface area (Å²) in [4.78, 5) is 16.8. The molecule has 0 radical (unpaired) electrons. The minimum Gasteiger partial charge on any atom is -0.308 e. The summed E-state index contributed by atoms with van der Waals surface area (Å²) in [6, 6.07) is 10.5. The Bertz CT molecular complexity index is 823. The molecule has 1 aromatic rings. The van der Waals surface area contributed by atoms with E-state index in [2.05, 4.69) is 29.4 Å². The molecule has 0 saturated heterocycles. The molecule has 0 aliphatic heterocycles. The molecule has 0 aromatic heterocycles. The van der Waals surface area contributed by atoms with Gasteiger partial charge in [0, 0.05) is 24.7 Å². The van der Waals surface area contributed by atoms with Crippen LogP contribution in [-0.2, 0) is 4.79 Å². The van der Waals surface area contributed by atoms with Gasteiger partial charge in [-0.05, 0) is 80.2 Å². The van der Waals surface area contributed by atoms with Crippen molar-refractivity contribution in [1.29, 1.82) is 0 Å². The van der Waals surface area contributed by atoms with Gasteiger partial charge in [0.2, 0.25) is 5.91 Å². The van der Waals surface area contributed by atoms with E-state index in [0.717, 1.165) is 35.4 Å². The number of thiocarbonyl (C=S) groups is 1. The maximum Gasteiger partial charge on any atom is 0.248 e. The molecule has 0 spiro atoms. The predicted octanol–water partition coefficient (Wildman–Crippen LogP) is 5.58. The Morgan fingerprint density at radius 2 is 1.72 bits per heavy atom.